The normalized spacial score (nSPS) is 12.7. The third-order valence-corrected chi connectivity index (χ3v) is 4.36. The van der Waals surface area contributed by atoms with Gasteiger partial charge in [0, 0.05) is 35.6 Å². The summed E-state index contributed by atoms with van der Waals surface area (Å²) < 4.78 is 29.4. The molecule has 1 heterocycles. The van der Waals surface area contributed by atoms with E-state index in [-0.39, 0.29) is 5.92 Å². The molecule has 2 aromatic carbocycles. The summed E-state index contributed by atoms with van der Waals surface area (Å²) >= 11 is 0. The molecule has 1 atom stereocenters. The topological polar surface area (TPSA) is 30.9 Å². The van der Waals surface area contributed by atoms with Crippen molar-refractivity contribution in [3.8, 4) is 0 Å². The molecule has 0 fully saturated rings. The molecule has 0 saturated carbocycles. The average molecular weight is 314 g/mol. The molecule has 2 N–H and O–H groups in total. The minimum atomic E-state index is -0.565. The Labute approximate surface area is 134 Å². The van der Waals surface area contributed by atoms with Crippen molar-refractivity contribution in [3.63, 3.8) is 0 Å². The molecule has 0 amide bonds. The fraction of sp³-hybridized carbons (Fsp3) is 0.263. The maximum absolute atomic E-state index is 14.1. The van der Waals surface area contributed by atoms with Crippen LogP contribution >= 0.6 is 0 Å². The van der Waals surface area contributed by atoms with E-state index in [2.05, 4.69) is 29.8 Å². The summed E-state index contributed by atoms with van der Waals surface area (Å²) in [7, 11) is 0. The van der Waals surface area contributed by atoms with E-state index < -0.39 is 11.6 Å². The van der Waals surface area contributed by atoms with Crippen LogP contribution in [-0.4, -0.2) is 11.1 Å². The third-order valence-electron chi connectivity index (χ3n) is 4.36. The molecule has 23 heavy (non-hydrogen) atoms. The quantitative estimate of drug-likeness (QED) is 0.751. The van der Waals surface area contributed by atoms with Crippen molar-refractivity contribution in [1.29, 1.82) is 0 Å². The van der Waals surface area contributed by atoms with Gasteiger partial charge in [-0.3, -0.25) is 0 Å². The number of rotatable bonds is 5. The molecule has 1 unspecified atom stereocenters. The van der Waals surface area contributed by atoms with E-state index >= 15 is 0 Å². The lowest BCUT2D eigenvalue weighted by Gasteiger charge is -2.16. The van der Waals surface area contributed by atoms with E-state index in [0.29, 0.717) is 18.5 Å². The van der Waals surface area contributed by atoms with E-state index in [4.69, 9.17) is 5.73 Å². The van der Waals surface area contributed by atoms with Gasteiger partial charge < -0.3 is 10.3 Å². The molecule has 0 saturated heterocycles. The lowest BCUT2D eigenvalue weighted by Crippen LogP contribution is -2.16. The number of aromatic nitrogens is 1. The van der Waals surface area contributed by atoms with Crippen LogP contribution in [0.3, 0.4) is 0 Å². The van der Waals surface area contributed by atoms with Crippen molar-refractivity contribution in [2.45, 2.75) is 25.8 Å². The van der Waals surface area contributed by atoms with Crippen LogP contribution in [0.5, 0.6) is 0 Å². The van der Waals surface area contributed by atoms with E-state index in [1.165, 1.54) is 17.6 Å². The second kappa shape index (κ2) is 6.50. The average Bonchev–Trinajstić information content (AvgIpc) is 2.91. The first-order valence-corrected chi connectivity index (χ1v) is 7.85. The molecule has 120 valence electrons. The maximum Gasteiger partial charge on any atom is 0.129 e. The van der Waals surface area contributed by atoms with Gasteiger partial charge in [-0.15, -0.1) is 0 Å². The Bertz CT molecular complexity index is 823. The van der Waals surface area contributed by atoms with Crippen molar-refractivity contribution >= 4 is 10.9 Å². The van der Waals surface area contributed by atoms with Gasteiger partial charge >= 0.3 is 0 Å². The van der Waals surface area contributed by atoms with Crippen molar-refractivity contribution in [2.75, 3.05) is 6.54 Å². The zero-order valence-corrected chi connectivity index (χ0v) is 13.1. The van der Waals surface area contributed by atoms with Crippen molar-refractivity contribution in [1.82, 2.24) is 4.57 Å². The van der Waals surface area contributed by atoms with Crippen LogP contribution in [0, 0.1) is 11.6 Å². The monoisotopic (exact) mass is 314 g/mol. The van der Waals surface area contributed by atoms with Crippen LogP contribution in [0.25, 0.3) is 10.9 Å². The highest BCUT2D eigenvalue weighted by molar-refractivity contribution is 5.84. The summed E-state index contributed by atoms with van der Waals surface area (Å²) in [5, 5.41) is 1.16. The summed E-state index contributed by atoms with van der Waals surface area (Å²) in [4.78, 5) is 0. The molecule has 2 nitrogen and oxygen atoms in total. The molecule has 0 radical (unpaired) electrons. The lowest BCUT2D eigenvalue weighted by atomic mass is 9.91. The molecule has 0 aliphatic carbocycles. The summed E-state index contributed by atoms with van der Waals surface area (Å²) in [5.41, 5.74) is 8.66. The Morgan fingerprint density at radius 1 is 1.13 bits per heavy atom. The van der Waals surface area contributed by atoms with E-state index in [1.807, 2.05) is 12.1 Å². The summed E-state index contributed by atoms with van der Waals surface area (Å²) in [5.74, 6) is -1.27. The first-order valence-electron chi connectivity index (χ1n) is 7.85. The minimum absolute atomic E-state index is 0.174. The van der Waals surface area contributed by atoms with Crippen LogP contribution < -0.4 is 5.73 Å². The zero-order chi connectivity index (χ0) is 16.4. The summed E-state index contributed by atoms with van der Waals surface area (Å²) in [6.45, 7) is 3.28. The highest BCUT2D eigenvalue weighted by Crippen LogP contribution is 2.28. The number of halogens is 2. The Hall–Kier alpha value is -2.20. The van der Waals surface area contributed by atoms with Gasteiger partial charge in [-0.05, 0) is 43.1 Å². The number of nitrogens with two attached hydrogens (primary N) is 1. The molecule has 1 aromatic heterocycles. The van der Waals surface area contributed by atoms with Crippen LogP contribution in [0.1, 0.15) is 24.0 Å². The van der Waals surface area contributed by atoms with E-state index in [0.717, 1.165) is 23.6 Å². The molecule has 3 rings (SSSR count). The minimum Gasteiger partial charge on any atom is -0.347 e. The summed E-state index contributed by atoms with van der Waals surface area (Å²) in [6.07, 6.45) is 2.74. The lowest BCUT2D eigenvalue weighted by molar-refractivity contribution is 0.551. The van der Waals surface area contributed by atoms with Gasteiger partial charge in [0.1, 0.15) is 11.6 Å². The van der Waals surface area contributed by atoms with Crippen LogP contribution in [-0.2, 0) is 13.0 Å². The highest BCUT2D eigenvalue weighted by atomic mass is 19.1. The number of hydrogen-bond donors (Lipinski definition) is 1. The fourth-order valence-electron chi connectivity index (χ4n) is 3.17. The van der Waals surface area contributed by atoms with Crippen molar-refractivity contribution < 1.29 is 8.78 Å². The van der Waals surface area contributed by atoms with Crippen molar-refractivity contribution in [2.24, 2.45) is 5.73 Å². The van der Waals surface area contributed by atoms with Gasteiger partial charge in [-0.25, -0.2) is 8.78 Å². The molecule has 0 spiro atoms. The molecule has 3 aromatic rings. The predicted octanol–water partition coefficient (Wildman–Crippen LogP) is 4.22. The Morgan fingerprint density at radius 2 is 1.91 bits per heavy atom. The maximum atomic E-state index is 14.1. The molecule has 0 bridgehead atoms. The number of nitrogens with zero attached hydrogens (tertiary/aromatic N) is 1. The molecular weight excluding hydrogens is 294 g/mol. The standard InChI is InChI=1S/C19H20F2N2/c1-2-23-12-14(17-5-3-4-6-19(17)23)9-13(11-22)16-8-7-15(20)10-18(16)21/h3-8,10,12-13H,2,9,11,22H2,1H3. The predicted molar refractivity (Wildman–Crippen MR) is 89.5 cm³/mol. The molecule has 4 heteroatoms. The SMILES string of the molecule is CCn1cc(CC(CN)c2ccc(F)cc2F)c2ccccc21. The van der Waals surface area contributed by atoms with Gasteiger partial charge in [0.05, 0.1) is 0 Å². The van der Waals surface area contributed by atoms with Gasteiger partial charge in [0.15, 0.2) is 0 Å². The number of fused-ring (bicyclic) bond motifs is 1. The van der Waals surface area contributed by atoms with E-state index in [9.17, 15) is 8.78 Å². The van der Waals surface area contributed by atoms with Crippen LogP contribution in [0.2, 0.25) is 0 Å². The molecule has 0 aliphatic heterocycles. The first-order chi connectivity index (χ1) is 11.1. The second-order valence-electron chi connectivity index (χ2n) is 5.76. The number of aryl methyl sites for hydroxylation is 1. The summed E-state index contributed by atoms with van der Waals surface area (Å²) in [6, 6.07) is 11.9. The largest absolute Gasteiger partial charge is 0.347 e. The van der Waals surface area contributed by atoms with Gasteiger partial charge in [0.2, 0.25) is 0 Å². The molecular formula is C19H20F2N2. The Morgan fingerprint density at radius 3 is 2.61 bits per heavy atom. The number of benzene rings is 2. The van der Waals surface area contributed by atoms with Crippen LogP contribution in [0.4, 0.5) is 8.78 Å². The zero-order valence-electron chi connectivity index (χ0n) is 13.1. The fourth-order valence-corrected chi connectivity index (χ4v) is 3.17. The number of para-hydroxylation sites is 1. The van der Waals surface area contributed by atoms with Crippen molar-refractivity contribution in [3.05, 3.63) is 71.4 Å². The van der Waals surface area contributed by atoms with Gasteiger partial charge in [-0.2, -0.15) is 0 Å². The van der Waals surface area contributed by atoms with Gasteiger partial charge in [-0.1, -0.05) is 24.3 Å². The van der Waals surface area contributed by atoms with Gasteiger partial charge in [0.25, 0.3) is 0 Å². The second-order valence-corrected chi connectivity index (χ2v) is 5.76. The highest BCUT2D eigenvalue weighted by Gasteiger charge is 2.18. The third kappa shape index (κ3) is 2.99. The molecule has 0 aliphatic rings. The first kappa shape index (κ1) is 15.7. The smallest absolute Gasteiger partial charge is 0.129 e. The van der Waals surface area contributed by atoms with Crippen LogP contribution in [0.15, 0.2) is 48.7 Å². The number of hydrogen-bond acceptors (Lipinski definition) is 1. The Balaban J connectivity index is 1.99. The Kier molecular flexibility index (Phi) is 4.44. The van der Waals surface area contributed by atoms with E-state index in [1.54, 1.807) is 0 Å².